The van der Waals surface area contributed by atoms with E-state index in [9.17, 15) is 9.59 Å². The van der Waals surface area contributed by atoms with Crippen LogP contribution >= 0.6 is 0 Å². The smallest absolute Gasteiger partial charge is 0.276 e. The number of carbonyl (C=O) groups is 1. The molecule has 3 rings (SSSR count). The number of nitrogens with one attached hydrogen (secondary N) is 2. The van der Waals surface area contributed by atoms with Crippen molar-refractivity contribution in [2.75, 3.05) is 5.32 Å². The van der Waals surface area contributed by atoms with Gasteiger partial charge in [-0.3, -0.25) is 14.7 Å². The minimum Gasteiger partial charge on any atom is -0.321 e. The van der Waals surface area contributed by atoms with Crippen LogP contribution in [0.4, 0.5) is 5.69 Å². The molecule has 2 heterocycles. The molecule has 7 heteroatoms. The summed E-state index contributed by atoms with van der Waals surface area (Å²) in [6.45, 7) is 0. The lowest BCUT2D eigenvalue weighted by Crippen LogP contribution is -2.23. The summed E-state index contributed by atoms with van der Waals surface area (Å²) >= 11 is 0. The lowest BCUT2D eigenvalue weighted by Gasteiger charge is -2.05. The highest BCUT2D eigenvalue weighted by Crippen LogP contribution is 2.16. The van der Waals surface area contributed by atoms with E-state index in [1.54, 1.807) is 18.3 Å². The van der Waals surface area contributed by atoms with Crippen LogP contribution in [0.1, 0.15) is 10.5 Å². The van der Waals surface area contributed by atoms with E-state index in [4.69, 9.17) is 0 Å². The van der Waals surface area contributed by atoms with E-state index >= 15 is 0 Å². The number of H-pyrrole nitrogens is 1. The molecule has 1 amide bonds. The SMILES string of the molecule is Cn1nc(C(=O)Nc2ccc3cn[nH]c3c2)ccc1=O. The number of benzene rings is 1. The van der Waals surface area contributed by atoms with Crippen molar-refractivity contribution in [2.45, 2.75) is 0 Å². The molecule has 2 aromatic heterocycles. The molecule has 0 aliphatic heterocycles. The number of hydrogen-bond acceptors (Lipinski definition) is 4. The first kappa shape index (κ1) is 12.1. The van der Waals surface area contributed by atoms with Gasteiger partial charge in [0.25, 0.3) is 11.5 Å². The van der Waals surface area contributed by atoms with Gasteiger partial charge in [0.2, 0.25) is 0 Å². The first-order valence-electron chi connectivity index (χ1n) is 5.92. The van der Waals surface area contributed by atoms with Gasteiger partial charge >= 0.3 is 0 Å². The maximum atomic E-state index is 12.0. The zero-order valence-corrected chi connectivity index (χ0v) is 10.6. The number of carbonyl (C=O) groups excluding carboxylic acids is 1. The fourth-order valence-corrected chi connectivity index (χ4v) is 1.83. The molecule has 2 N–H and O–H groups in total. The van der Waals surface area contributed by atoms with Crippen molar-refractivity contribution in [3.05, 3.63) is 52.6 Å². The van der Waals surface area contributed by atoms with Crippen molar-refractivity contribution in [3.63, 3.8) is 0 Å². The average molecular weight is 269 g/mol. The van der Waals surface area contributed by atoms with Crippen LogP contribution < -0.4 is 10.9 Å². The maximum absolute atomic E-state index is 12.0. The molecule has 0 bridgehead atoms. The van der Waals surface area contributed by atoms with Crippen molar-refractivity contribution in [1.82, 2.24) is 20.0 Å². The molecule has 7 nitrogen and oxygen atoms in total. The molecule has 0 spiro atoms. The topological polar surface area (TPSA) is 92.7 Å². The Morgan fingerprint density at radius 1 is 1.30 bits per heavy atom. The number of anilines is 1. The Labute approximate surface area is 113 Å². The number of rotatable bonds is 2. The Hall–Kier alpha value is -2.96. The highest BCUT2D eigenvalue weighted by molar-refractivity contribution is 6.03. The number of aromatic amines is 1. The zero-order valence-electron chi connectivity index (χ0n) is 10.6. The average Bonchev–Trinajstić information content (AvgIpc) is 2.89. The van der Waals surface area contributed by atoms with Gasteiger partial charge in [-0.1, -0.05) is 0 Å². The van der Waals surface area contributed by atoms with Gasteiger partial charge in [-0.15, -0.1) is 0 Å². The number of fused-ring (bicyclic) bond motifs is 1. The minimum absolute atomic E-state index is 0.178. The molecule has 0 atom stereocenters. The molecule has 0 radical (unpaired) electrons. The molecule has 100 valence electrons. The third-order valence-corrected chi connectivity index (χ3v) is 2.89. The van der Waals surface area contributed by atoms with E-state index in [2.05, 4.69) is 20.6 Å². The van der Waals surface area contributed by atoms with Crippen molar-refractivity contribution in [3.8, 4) is 0 Å². The van der Waals surface area contributed by atoms with Crippen LogP contribution in [0.15, 0.2) is 41.3 Å². The van der Waals surface area contributed by atoms with Crippen molar-refractivity contribution in [1.29, 1.82) is 0 Å². The van der Waals surface area contributed by atoms with Gasteiger partial charge in [0.1, 0.15) is 5.69 Å². The molecule has 0 aliphatic rings. The molecule has 0 saturated heterocycles. The molecule has 20 heavy (non-hydrogen) atoms. The minimum atomic E-state index is -0.375. The summed E-state index contributed by atoms with van der Waals surface area (Å²) in [5, 5.41) is 14.3. The van der Waals surface area contributed by atoms with E-state index in [1.807, 2.05) is 6.07 Å². The summed E-state index contributed by atoms with van der Waals surface area (Å²) in [4.78, 5) is 23.3. The van der Waals surface area contributed by atoms with Crippen LogP contribution in [-0.2, 0) is 7.05 Å². The van der Waals surface area contributed by atoms with E-state index in [0.717, 1.165) is 15.6 Å². The fourth-order valence-electron chi connectivity index (χ4n) is 1.83. The maximum Gasteiger partial charge on any atom is 0.276 e. The van der Waals surface area contributed by atoms with Gasteiger partial charge in [-0.05, 0) is 24.3 Å². The monoisotopic (exact) mass is 269 g/mol. The summed E-state index contributed by atoms with van der Waals surface area (Å²) in [5.41, 5.74) is 1.37. The van der Waals surface area contributed by atoms with Crippen LogP contribution in [-0.4, -0.2) is 25.9 Å². The van der Waals surface area contributed by atoms with Gasteiger partial charge in [-0.2, -0.15) is 10.2 Å². The first-order chi connectivity index (χ1) is 9.63. The third-order valence-electron chi connectivity index (χ3n) is 2.89. The number of hydrogen-bond donors (Lipinski definition) is 2. The first-order valence-corrected chi connectivity index (χ1v) is 5.92. The Kier molecular flexibility index (Phi) is 2.79. The fraction of sp³-hybridized carbons (Fsp3) is 0.0769. The molecule has 3 aromatic rings. The van der Waals surface area contributed by atoms with Crippen LogP contribution in [0.2, 0.25) is 0 Å². The molecule has 1 aromatic carbocycles. The summed E-state index contributed by atoms with van der Waals surface area (Å²) in [5.74, 6) is -0.375. The van der Waals surface area contributed by atoms with Crippen LogP contribution in [0, 0.1) is 0 Å². The van der Waals surface area contributed by atoms with Crippen molar-refractivity contribution in [2.24, 2.45) is 7.05 Å². The van der Waals surface area contributed by atoms with Crippen molar-refractivity contribution < 1.29 is 4.79 Å². The zero-order chi connectivity index (χ0) is 14.1. The molecule has 0 unspecified atom stereocenters. The lowest BCUT2D eigenvalue weighted by atomic mass is 10.2. The van der Waals surface area contributed by atoms with Gasteiger partial charge in [-0.25, -0.2) is 4.68 Å². The Morgan fingerprint density at radius 2 is 2.15 bits per heavy atom. The van der Waals surface area contributed by atoms with E-state index < -0.39 is 0 Å². The summed E-state index contributed by atoms with van der Waals surface area (Å²) in [6.07, 6.45) is 1.70. The van der Waals surface area contributed by atoms with Crippen LogP contribution in [0.5, 0.6) is 0 Å². The predicted octanol–water partition coefficient (Wildman–Crippen LogP) is 0.909. The molecular formula is C13H11N5O2. The standard InChI is InChI=1S/C13H11N5O2/c1-18-12(19)5-4-10(17-18)13(20)15-9-3-2-8-7-14-16-11(8)6-9/h2-7H,1H3,(H,14,16)(H,15,20). The van der Waals surface area contributed by atoms with E-state index in [0.29, 0.717) is 5.69 Å². The Balaban J connectivity index is 1.87. The predicted molar refractivity (Wildman–Crippen MR) is 73.5 cm³/mol. The largest absolute Gasteiger partial charge is 0.321 e. The normalized spacial score (nSPS) is 10.7. The van der Waals surface area contributed by atoms with Gasteiger partial charge < -0.3 is 5.32 Å². The second-order valence-electron chi connectivity index (χ2n) is 4.31. The molecular weight excluding hydrogens is 258 g/mol. The van der Waals surface area contributed by atoms with Gasteiger partial charge in [0.15, 0.2) is 0 Å². The molecule has 0 fully saturated rings. The number of nitrogens with zero attached hydrogens (tertiary/aromatic N) is 3. The lowest BCUT2D eigenvalue weighted by molar-refractivity contribution is 0.102. The Morgan fingerprint density at radius 3 is 2.95 bits per heavy atom. The third kappa shape index (κ3) is 2.16. The quantitative estimate of drug-likeness (QED) is 0.723. The number of amides is 1. The van der Waals surface area contributed by atoms with Gasteiger partial charge in [0, 0.05) is 24.2 Å². The second kappa shape index (κ2) is 4.61. The Bertz CT molecular complexity index is 849. The second-order valence-corrected chi connectivity index (χ2v) is 4.31. The highest BCUT2D eigenvalue weighted by atomic mass is 16.2. The molecule has 0 saturated carbocycles. The van der Waals surface area contributed by atoms with Crippen LogP contribution in [0.25, 0.3) is 10.9 Å². The summed E-state index contributed by atoms with van der Waals surface area (Å²) in [7, 11) is 1.50. The number of aromatic nitrogens is 4. The van der Waals surface area contributed by atoms with E-state index in [1.165, 1.54) is 19.2 Å². The highest BCUT2D eigenvalue weighted by Gasteiger charge is 2.09. The summed E-state index contributed by atoms with van der Waals surface area (Å²) in [6, 6.07) is 8.11. The van der Waals surface area contributed by atoms with Crippen LogP contribution in [0.3, 0.4) is 0 Å². The van der Waals surface area contributed by atoms with Crippen molar-refractivity contribution >= 4 is 22.5 Å². The summed E-state index contributed by atoms with van der Waals surface area (Å²) < 4.78 is 1.12. The van der Waals surface area contributed by atoms with E-state index in [-0.39, 0.29) is 17.2 Å². The molecule has 0 aliphatic carbocycles. The number of aryl methyl sites for hydroxylation is 1. The van der Waals surface area contributed by atoms with Gasteiger partial charge in [0.05, 0.1) is 11.7 Å².